The van der Waals surface area contributed by atoms with Crippen molar-refractivity contribution < 1.29 is 0 Å². The minimum atomic E-state index is -0.0499. The second-order valence-corrected chi connectivity index (χ2v) is 4.70. The molecule has 18 heavy (non-hydrogen) atoms. The van der Waals surface area contributed by atoms with Crippen LogP contribution in [0.2, 0.25) is 0 Å². The van der Waals surface area contributed by atoms with Crippen molar-refractivity contribution in [1.29, 1.82) is 0 Å². The van der Waals surface area contributed by atoms with Crippen LogP contribution in [-0.4, -0.2) is 15.0 Å². The van der Waals surface area contributed by atoms with Crippen LogP contribution in [0.5, 0.6) is 0 Å². The Morgan fingerprint density at radius 3 is 2.39 bits per heavy atom. The van der Waals surface area contributed by atoms with E-state index in [1.807, 2.05) is 33.9 Å². The largest absolute Gasteiger partial charge is 0.324 e. The van der Waals surface area contributed by atoms with Crippen molar-refractivity contribution in [3.05, 3.63) is 40.8 Å². The number of hydrogen-bond acceptors (Lipinski definition) is 4. The van der Waals surface area contributed by atoms with E-state index in [0.717, 1.165) is 28.1 Å². The van der Waals surface area contributed by atoms with Crippen molar-refractivity contribution in [2.45, 2.75) is 33.7 Å². The molecule has 2 N–H and O–H groups in total. The number of hydrogen-bond donors (Lipinski definition) is 1. The number of nitrogens with two attached hydrogens (primary N) is 1. The van der Waals surface area contributed by atoms with E-state index in [0.29, 0.717) is 5.82 Å². The molecule has 4 nitrogen and oxygen atoms in total. The highest BCUT2D eigenvalue weighted by Gasteiger charge is 2.11. The molecular weight excluding hydrogens is 224 g/mol. The highest BCUT2D eigenvalue weighted by molar-refractivity contribution is 5.55. The third kappa shape index (κ3) is 2.38. The Labute approximate surface area is 107 Å². The van der Waals surface area contributed by atoms with Gasteiger partial charge in [-0.3, -0.25) is 4.98 Å². The van der Waals surface area contributed by atoms with E-state index >= 15 is 0 Å². The van der Waals surface area contributed by atoms with Gasteiger partial charge in [-0.05, 0) is 38.8 Å². The summed E-state index contributed by atoms with van der Waals surface area (Å²) < 4.78 is 0. The van der Waals surface area contributed by atoms with Crippen molar-refractivity contribution in [3.8, 4) is 11.5 Å². The Morgan fingerprint density at radius 2 is 1.83 bits per heavy atom. The molecule has 4 heteroatoms. The summed E-state index contributed by atoms with van der Waals surface area (Å²) in [5.74, 6) is 0.661. The molecule has 0 aromatic carbocycles. The summed E-state index contributed by atoms with van der Waals surface area (Å²) in [4.78, 5) is 13.3. The lowest BCUT2D eigenvalue weighted by molar-refractivity contribution is 0.789. The molecule has 0 aliphatic carbocycles. The predicted octanol–water partition coefficient (Wildman–Crippen LogP) is 2.48. The Hall–Kier alpha value is -1.81. The van der Waals surface area contributed by atoms with E-state index in [2.05, 4.69) is 21.0 Å². The van der Waals surface area contributed by atoms with E-state index in [1.54, 1.807) is 6.20 Å². The number of aromatic nitrogens is 3. The fourth-order valence-electron chi connectivity index (χ4n) is 1.99. The molecule has 2 heterocycles. The smallest absolute Gasteiger partial charge is 0.178 e. The molecule has 2 rings (SSSR count). The van der Waals surface area contributed by atoms with Crippen LogP contribution >= 0.6 is 0 Å². The van der Waals surface area contributed by atoms with Gasteiger partial charge in [-0.25, -0.2) is 9.97 Å². The predicted molar refractivity (Wildman–Crippen MR) is 72.1 cm³/mol. The van der Waals surface area contributed by atoms with E-state index in [9.17, 15) is 0 Å². The first kappa shape index (κ1) is 12.6. The molecule has 0 saturated heterocycles. The van der Waals surface area contributed by atoms with Gasteiger partial charge in [-0.15, -0.1) is 0 Å². The standard InChI is InChI=1S/C14H18N4/c1-8-5-9(2)13(16-6-8)14-17-7-12(10(3)15)11(4)18-14/h5-7,10H,15H2,1-4H3/t10-/m0/s1. The zero-order chi connectivity index (χ0) is 13.3. The average Bonchev–Trinajstić information content (AvgIpc) is 2.28. The zero-order valence-corrected chi connectivity index (χ0v) is 11.2. The second-order valence-electron chi connectivity index (χ2n) is 4.70. The van der Waals surface area contributed by atoms with Gasteiger partial charge < -0.3 is 5.73 Å². The van der Waals surface area contributed by atoms with Crippen LogP contribution in [0, 0.1) is 20.8 Å². The molecule has 0 unspecified atom stereocenters. The number of pyridine rings is 1. The van der Waals surface area contributed by atoms with Gasteiger partial charge in [-0.2, -0.15) is 0 Å². The third-order valence-corrected chi connectivity index (χ3v) is 2.93. The molecule has 0 amide bonds. The Kier molecular flexibility index (Phi) is 3.39. The summed E-state index contributed by atoms with van der Waals surface area (Å²) in [5.41, 5.74) is 10.8. The summed E-state index contributed by atoms with van der Waals surface area (Å²) in [6, 6.07) is 2.03. The normalized spacial score (nSPS) is 12.5. The molecule has 0 radical (unpaired) electrons. The molecule has 0 fully saturated rings. The molecule has 94 valence electrons. The van der Waals surface area contributed by atoms with Crippen LogP contribution in [-0.2, 0) is 0 Å². The van der Waals surface area contributed by atoms with Gasteiger partial charge in [-0.1, -0.05) is 6.07 Å². The van der Waals surface area contributed by atoms with Gasteiger partial charge in [0, 0.05) is 29.7 Å². The third-order valence-electron chi connectivity index (χ3n) is 2.93. The van der Waals surface area contributed by atoms with Crippen LogP contribution in [0.3, 0.4) is 0 Å². The highest BCUT2D eigenvalue weighted by atomic mass is 14.9. The maximum atomic E-state index is 5.86. The zero-order valence-electron chi connectivity index (χ0n) is 11.2. The van der Waals surface area contributed by atoms with Crippen molar-refractivity contribution in [1.82, 2.24) is 15.0 Å². The topological polar surface area (TPSA) is 64.7 Å². The van der Waals surface area contributed by atoms with E-state index < -0.39 is 0 Å². The molecule has 0 saturated carbocycles. The molecule has 0 spiro atoms. The average molecular weight is 242 g/mol. The molecule has 2 aromatic heterocycles. The quantitative estimate of drug-likeness (QED) is 0.878. The lowest BCUT2D eigenvalue weighted by Crippen LogP contribution is -2.09. The molecule has 1 atom stereocenters. The van der Waals surface area contributed by atoms with Crippen LogP contribution in [0.4, 0.5) is 0 Å². The SMILES string of the molecule is Cc1cnc(-c2ncc([C@H](C)N)c(C)n2)c(C)c1. The number of rotatable bonds is 2. The maximum absolute atomic E-state index is 5.86. The van der Waals surface area contributed by atoms with Crippen LogP contribution in [0.1, 0.15) is 35.3 Å². The van der Waals surface area contributed by atoms with Crippen LogP contribution in [0.15, 0.2) is 18.5 Å². The van der Waals surface area contributed by atoms with Gasteiger partial charge in [0.25, 0.3) is 0 Å². The van der Waals surface area contributed by atoms with E-state index in [4.69, 9.17) is 5.73 Å². The van der Waals surface area contributed by atoms with Gasteiger partial charge >= 0.3 is 0 Å². The Bertz CT molecular complexity index is 576. The first-order chi connectivity index (χ1) is 8.49. The molecule has 0 aliphatic rings. The van der Waals surface area contributed by atoms with Gasteiger partial charge in [0.15, 0.2) is 5.82 Å². The summed E-state index contributed by atoms with van der Waals surface area (Å²) in [6.45, 7) is 7.93. The first-order valence-corrected chi connectivity index (χ1v) is 6.01. The van der Waals surface area contributed by atoms with Crippen molar-refractivity contribution in [2.24, 2.45) is 5.73 Å². The number of nitrogens with zero attached hydrogens (tertiary/aromatic N) is 3. The summed E-state index contributed by atoms with van der Waals surface area (Å²) in [6.07, 6.45) is 3.63. The van der Waals surface area contributed by atoms with E-state index in [1.165, 1.54) is 0 Å². The summed E-state index contributed by atoms with van der Waals surface area (Å²) in [5, 5.41) is 0. The van der Waals surface area contributed by atoms with Crippen molar-refractivity contribution in [2.75, 3.05) is 0 Å². The number of aryl methyl sites for hydroxylation is 3. The molecule has 0 bridgehead atoms. The lowest BCUT2D eigenvalue weighted by Gasteiger charge is -2.10. The van der Waals surface area contributed by atoms with E-state index in [-0.39, 0.29) is 6.04 Å². The monoisotopic (exact) mass is 242 g/mol. The van der Waals surface area contributed by atoms with Crippen LogP contribution in [0.25, 0.3) is 11.5 Å². The highest BCUT2D eigenvalue weighted by Crippen LogP contribution is 2.20. The van der Waals surface area contributed by atoms with Gasteiger partial charge in [0.1, 0.15) is 5.69 Å². The van der Waals surface area contributed by atoms with Gasteiger partial charge in [0.05, 0.1) is 0 Å². The molecular formula is C14H18N4. The fraction of sp³-hybridized carbons (Fsp3) is 0.357. The van der Waals surface area contributed by atoms with Crippen LogP contribution < -0.4 is 5.73 Å². The lowest BCUT2D eigenvalue weighted by atomic mass is 10.1. The van der Waals surface area contributed by atoms with Crippen molar-refractivity contribution in [3.63, 3.8) is 0 Å². The Balaban J connectivity index is 2.49. The minimum absolute atomic E-state index is 0.0499. The minimum Gasteiger partial charge on any atom is -0.324 e. The summed E-state index contributed by atoms with van der Waals surface area (Å²) in [7, 11) is 0. The Morgan fingerprint density at radius 1 is 1.11 bits per heavy atom. The maximum Gasteiger partial charge on any atom is 0.178 e. The fourth-order valence-corrected chi connectivity index (χ4v) is 1.99. The first-order valence-electron chi connectivity index (χ1n) is 6.01. The second kappa shape index (κ2) is 4.82. The molecule has 0 aliphatic heterocycles. The summed E-state index contributed by atoms with van der Waals surface area (Å²) >= 11 is 0. The van der Waals surface area contributed by atoms with Crippen molar-refractivity contribution >= 4 is 0 Å². The molecule has 2 aromatic rings. The van der Waals surface area contributed by atoms with Gasteiger partial charge in [0.2, 0.25) is 0 Å².